The summed E-state index contributed by atoms with van der Waals surface area (Å²) in [5, 5.41) is 24.3. The number of piperazine rings is 1. The molecule has 8 nitrogen and oxygen atoms in total. The second-order valence-electron chi connectivity index (χ2n) is 10.3. The Balaban J connectivity index is 1.40. The van der Waals surface area contributed by atoms with E-state index in [1.165, 1.54) is 12.3 Å². The van der Waals surface area contributed by atoms with Gasteiger partial charge in [-0.05, 0) is 35.9 Å². The van der Waals surface area contributed by atoms with Gasteiger partial charge in [0.25, 0.3) is 5.91 Å². The predicted molar refractivity (Wildman–Crippen MR) is 156 cm³/mol. The Bertz CT molecular complexity index is 1820. The first-order chi connectivity index (χ1) is 21.4. The van der Waals surface area contributed by atoms with Crippen LogP contribution in [-0.2, 0) is 11.2 Å². The van der Waals surface area contributed by atoms with Gasteiger partial charge in [0.05, 0.1) is 17.1 Å². The summed E-state index contributed by atoms with van der Waals surface area (Å²) in [4.78, 5) is 30.7. The third-order valence-electron chi connectivity index (χ3n) is 7.47. The lowest BCUT2D eigenvalue weighted by atomic mass is 9.94. The lowest BCUT2D eigenvalue weighted by Gasteiger charge is -2.36. The summed E-state index contributed by atoms with van der Waals surface area (Å²) >= 11 is 6.41. The van der Waals surface area contributed by atoms with Gasteiger partial charge in [-0.1, -0.05) is 35.9 Å². The van der Waals surface area contributed by atoms with E-state index in [-0.39, 0.29) is 25.2 Å². The summed E-state index contributed by atoms with van der Waals surface area (Å²) in [6.07, 6.45) is -3.33. The molecule has 1 saturated heterocycles. The molecular weight excluding hydrogens is 621 g/mol. The molecule has 1 amide bonds. The van der Waals surface area contributed by atoms with Crippen molar-refractivity contribution in [2.75, 3.05) is 24.5 Å². The van der Waals surface area contributed by atoms with Crippen molar-refractivity contribution in [2.45, 2.75) is 24.7 Å². The van der Waals surface area contributed by atoms with Crippen LogP contribution in [-0.4, -0.2) is 59.9 Å². The average Bonchev–Trinajstić information content (AvgIpc) is 3.00. The molecule has 232 valence electrons. The Morgan fingerprint density at radius 3 is 2.49 bits per heavy atom. The number of aliphatic carboxylic acids is 1. The SMILES string of the molecule is N#Cc1ccc(-c2ccc(C[C@H](NC(=O)c3c(F)cc(N4CCN[C@@H](C(F)(F)F)C4)cc3F)C(=O)O)c3cccnc23)c(Cl)c1. The number of pyridine rings is 1. The smallest absolute Gasteiger partial charge is 0.405 e. The number of carbonyl (C=O) groups is 2. The van der Waals surface area contributed by atoms with Crippen molar-refractivity contribution in [1.29, 1.82) is 5.26 Å². The molecule has 3 aromatic carbocycles. The largest absolute Gasteiger partial charge is 0.480 e. The number of carbonyl (C=O) groups excluding carboxylic acids is 1. The van der Waals surface area contributed by atoms with Crippen LogP contribution in [0.1, 0.15) is 21.5 Å². The van der Waals surface area contributed by atoms with E-state index >= 15 is 8.78 Å². The number of aromatic nitrogens is 1. The molecule has 0 spiro atoms. The van der Waals surface area contributed by atoms with Gasteiger partial charge in [-0.2, -0.15) is 18.4 Å². The van der Waals surface area contributed by atoms with E-state index in [2.05, 4.69) is 15.6 Å². The van der Waals surface area contributed by atoms with Crippen LogP contribution in [0.15, 0.2) is 60.8 Å². The topological polar surface area (TPSA) is 118 Å². The van der Waals surface area contributed by atoms with E-state index in [0.29, 0.717) is 38.2 Å². The van der Waals surface area contributed by atoms with Crippen LogP contribution in [0.4, 0.5) is 27.6 Å². The molecule has 4 aromatic rings. The van der Waals surface area contributed by atoms with E-state index in [4.69, 9.17) is 16.9 Å². The molecule has 5 rings (SSSR count). The summed E-state index contributed by atoms with van der Waals surface area (Å²) < 4.78 is 69.7. The van der Waals surface area contributed by atoms with E-state index < -0.39 is 53.9 Å². The summed E-state index contributed by atoms with van der Waals surface area (Å²) in [5.74, 6) is -5.53. The Hall–Kier alpha value is -4.80. The molecule has 2 atom stereocenters. The number of alkyl halides is 3. The predicted octanol–water partition coefficient (Wildman–Crippen LogP) is 5.47. The summed E-state index contributed by atoms with van der Waals surface area (Å²) in [5.41, 5.74) is 1.21. The lowest BCUT2D eigenvalue weighted by Crippen LogP contribution is -2.57. The second-order valence-corrected chi connectivity index (χ2v) is 10.7. The highest BCUT2D eigenvalue weighted by Crippen LogP contribution is 2.35. The molecule has 2 heterocycles. The molecule has 1 aliphatic rings. The highest BCUT2D eigenvalue weighted by molar-refractivity contribution is 6.33. The molecule has 1 aromatic heterocycles. The number of amides is 1. The highest BCUT2D eigenvalue weighted by Gasteiger charge is 2.42. The number of anilines is 1. The number of nitriles is 1. The van der Waals surface area contributed by atoms with Crippen LogP contribution in [0.2, 0.25) is 5.02 Å². The van der Waals surface area contributed by atoms with Gasteiger partial charge in [0, 0.05) is 59.5 Å². The number of rotatable bonds is 7. The summed E-state index contributed by atoms with van der Waals surface area (Å²) in [6, 6.07) is 11.3. The molecular formula is C31H23ClF5N5O3. The van der Waals surface area contributed by atoms with Gasteiger partial charge in [0.2, 0.25) is 0 Å². The van der Waals surface area contributed by atoms with Gasteiger partial charge < -0.3 is 20.6 Å². The number of benzene rings is 3. The zero-order valence-electron chi connectivity index (χ0n) is 23.1. The number of halogens is 6. The van der Waals surface area contributed by atoms with Crippen LogP contribution >= 0.6 is 11.6 Å². The van der Waals surface area contributed by atoms with E-state index in [0.717, 1.165) is 17.0 Å². The molecule has 45 heavy (non-hydrogen) atoms. The molecule has 0 aliphatic carbocycles. The van der Waals surface area contributed by atoms with Crippen molar-refractivity contribution in [1.82, 2.24) is 15.6 Å². The molecule has 1 aliphatic heterocycles. The van der Waals surface area contributed by atoms with Gasteiger partial charge in [0.15, 0.2) is 0 Å². The average molecular weight is 644 g/mol. The van der Waals surface area contributed by atoms with Crippen molar-refractivity contribution >= 4 is 40.1 Å². The second kappa shape index (κ2) is 12.7. The molecule has 0 radical (unpaired) electrons. The van der Waals surface area contributed by atoms with E-state index in [1.807, 2.05) is 6.07 Å². The van der Waals surface area contributed by atoms with Crippen LogP contribution in [0.25, 0.3) is 22.0 Å². The zero-order valence-corrected chi connectivity index (χ0v) is 23.9. The van der Waals surface area contributed by atoms with Gasteiger partial charge in [-0.3, -0.25) is 9.78 Å². The molecule has 0 saturated carbocycles. The van der Waals surface area contributed by atoms with Crippen molar-refractivity contribution in [3.63, 3.8) is 0 Å². The van der Waals surface area contributed by atoms with Gasteiger partial charge in [-0.15, -0.1) is 0 Å². The van der Waals surface area contributed by atoms with Crippen molar-refractivity contribution in [2.24, 2.45) is 0 Å². The zero-order chi connectivity index (χ0) is 32.5. The monoisotopic (exact) mass is 643 g/mol. The van der Waals surface area contributed by atoms with E-state index in [9.17, 15) is 27.9 Å². The Kier molecular flexibility index (Phi) is 8.90. The number of carboxylic acid groups (broad SMARTS) is 1. The fraction of sp³-hybridized carbons (Fsp3) is 0.226. The molecule has 1 fully saturated rings. The maximum atomic E-state index is 15.1. The van der Waals surface area contributed by atoms with Crippen LogP contribution < -0.4 is 15.5 Å². The Morgan fingerprint density at radius 2 is 1.84 bits per heavy atom. The fourth-order valence-electron chi connectivity index (χ4n) is 5.24. The summed E-state index contributed by atoms with van der Waals surface area (Å²) in [7, 11) is 0. The maximum Gasteiger partial charge on any atom is 0.405 e. The normalized spacial score (nSPS) is 15.8. The number of nitrogens with one attached hydrogen (secondary N) is 2. The number of carboxylic acids is 1. The third kappa shape index (κ3) is 6.67. The first kappa shape index (κ1) is 31.6. The van der Waals surface area contributed by atoms with Crippen LogP contribution in [0, 0.1) is 23.0 Å². The van der Waals surface area contributed by atoms with Gasteiger partial charge >= 0.3 is 12.1 Å². The summed E-state index contributed by atoms with van der Waals surface area (Å²) in [6.45, 7) is -0.632. The maximum absolute atomic E-state index is 15.1. The Labute approximate surface area is 258 Å². The minimum absolute atomic E-state index is 0.0388. The first-order valence-electron chi connectivity index (χ1n) is 13.5. The van der Waals surface area contributed by atoms with Gasteiger partial charge in [0.1, 0.15) is 29.3 Å². The highest BCUT2D eigenvalue weighted by atomic mass is 35.5. The van der Waals surface area contributed by atoms with Crippen LogP contribution in [0.3, 0.4) is 0 Å². The molecule has 0 bridgehead atoms. The van der Waals surface area contributed by atoms with Crippen LogP contribution in [0.5, 0.6) is 0 Å². The molecule has 14 heteroatoms. The number of hydrogen-bond donors (Lipinski definition) is 3. The van der Waals surface area contributed by atoms with Crippen molar-refractivity contribution in [3.05, 3.63) is 94.1 Å². The van der Waals surface area contributed by atoms with Crippen molar-refractivity contribution < 1.29 is 36.6 Å². The molecule has 3 N–H and O–H groups in total. The third-order valence-corrected chi connectivity index (χ3v) is 7.78. The quantitative estimate of drug-likeness (QED) is 0.229. The minimum atomic E-state index is -4.57. The van der Waals surface area contributed by atoms with Crippen molar-refractivity contribution in [3.8, 4) is 17.2 Å². The van der Waals surface area contributed by atoms with E-state index in [1.54, 1.807) is 36.4 Å². The van der Waals surface area contributed by atoms with Gasteiger partial charge in [-0.25, -0.2) is 13.6 Å². The minimum Gasteiger partial charge on any atom is -0.480 e. The fourth-order valence-corrected chi connectivity index (χ4v) is 5.53. The number of fused-ring (bicyclic) bond motifs is 1. The Morgan fingerprint density at radius 1 is 1.13 bits per heavy atom. The first-order valence-corrected chi connectivity index (χ1v) is 13.9. The lowest BCUT2D eigenvalue weighted by molar-refractivity contribution is -0.155. The number of hydrogen-bond acceptors (Lipinski definition) is 6. The number of nitrogens with zero attached hydrogens (tertiary/aromatic N) is 3. The standard InChI is InChI=1S/C31H23ClF5N5O3/c32-22-10-16(14-38)3-5-20(22)21-6-4-17(19-2-1-7-40-28(19)21)11-25(30(44)45)41-29(43)27-23(33)12-18(13-24(27)34)42-9-8-39-26(15-42)31(35,36)37/h1-7,10,12-13,25-26,39H,8-9,11,15H2,(H,41,43)(H,44,45)/t25-,26+/m0/s1. The molecule has 0 unspecified atom stereocenters.